The lowest BCUT2D eigenvalue weighted by atomic mass is 9.83. The van der Waals surface area contributed by atoms with Gasteiger partial charge in [0.1, 0.15) is 0 Å². The largest absolute Gasteiger partial charge is 0.388 e. The SMILES string of the molecule is CCC(=O)C(N=C(C)N)(c1ccccc1)c1cc(-c2cccnc2)cs1. The average Bonchev–Trinajstić information content (AvgIpc) is 3.17. The number of carbonyl (C=O) groups excluding carboxylic acids is 1. The summed E-state index contributed by atoms with van der Waals surface area (Å²) in [6.45, 7) is 3.58. The number of amidine groups is 1. The Morgan fingerprint density at radius 2 is 1.96 bits per heavy atom. The molecule has 0 aliphatic rings. The number of rotatable bonds is 6. The van der Waals surface area contributed by atoms with Gasteiger partial charge in [0.05, 0.1) is 5.84 Å². The van der Waals surface area contributed by atoms with E-state index in [0.29, 0.717) is 12.3 Å². The number of ketones is 1. The van der Waals surface area contributed by atoms with Crippen molar-refractivity contribution in [3.8, 4) is 11.1 Å². The summed E-state index contributed by atoms with van der Waals surface area (Å²) < 4.78 is 0. The molecule has 0 amide bonds. The number of benzene rings is 1. The maximum absolute atomic E-state index is 13.1. The Morgan fingerprint density at radius 3 is 2.58 bits per heavy atom. The zero-order valence-electron chi connectivity index (χ0n) is 14.8. The number of aliphatic imine (C=N–C) groups is 1. The van der Waals surface area contributed by atoms with Gasteiger partial charge in [0.2, 0.25) is 0 Å². The van der Waals surface area contributed by atoms with Crippen molar-refractivity contribution in [3.05, 3.63) is 76.7 Å². The lowest BCUT2D eigenvalue weighted by Gasteiger charge is -2.28. The zero-order valence-corrected chi connectivity index (χ0v) is 15.7. The molecule has 1 unspecified atom stereocenters. The zero-order chi connectivity index (χ0) is 18.6. The molecule has 0 radical (unpaired) electrons. The highest BCUT2D eigenvalue weighted by molar-refractivity contribution is 7.10. The van der Waals surface area contributed by atoms with Crippen molar-refractivity contribution >= 4 is 23.0 Å². The van der Waals surface area contributed by atoms with Crippen molar-refractivity contribution in [2.45, 2.75) is 25.8 Å². The van der Waals surface area contributed by atoms with E-state index >= 15 is 0 Å². The van der Waals surface area contributed by atoms with Crippen LogP contribution in [-0.4, -0.2) is 16.6 Å². The van der Waals surface area contributed by atoms with Crippen LogP contribution in [0.4, 0.5) is 0 Å². The Balaban J connectivity index is 2.23. The normalized spacial score (nSPS) is 14.0. The van der Waals surface area contributed by atoms with Gasteiger partial charge in [-0.2, -0.15) is 0 Å². The molecule has 3 rings (SSSR count). The molecule has 2 N–H and O–H groups in total. The summed E-state index contributed by atoms with van der Waals surface area (Å²) >= 11 is 1.52. The van der Waals surface area contributed by atoms with E-state index in [4.69, 9.17) is 5.73 Å². The quantitative estimate of drug-likeness (QED) is 0.521. The molecule has 0 saturated carbocycles. The molecule has 132 valence electrons. The van der Waals surface area contributed by atoms with E-state index in [2.05, 4.69) is 9.98 Å². The first-order valence-electron chi connectivity index (χ1n) is 8.48. The molecular weight excluding hydrogens is 342 g/mol. The summed E-state index contributed by atoms with van der Waals surface area (Å²) in [6, 6.07) is 15.6. The maximum atomic E-state index is 13.1. The van der Waals surface area contributed by atoms with Crippen LogP contribution >= 0.6 is 11.3 Å². The van der Waals surface area contributed by atoms with Crippen molar-refractivity contribution in [1.82, 2.24) is 4.98 Å². The summed E-state index contributed by atoms with van der Waals surface area (Å²) in [4.78, 5) is 22.9. The number of nitrogens with two attached hydrogens (primary N) is 1. The van der Waals surface area contributed by atoms with Gasteiger partial charge < -0.3 is 5.73 Å². The topological polar surface area (TPSA) is 68.3 Å². The smallest absolute Gasteiger partial charge is 0.180 e. The van der Waals surface area contributed by atoms with Gasteiger partial charge in [-0.25, -0.2) is 4.99 Å². The fourth-order valence-electron chi connectivity index (χ4n) is 3.03. The first kappa shape index (κ1) is 18.0. The number of Topliss-reactive ketones (excluding diaryl/α,β-unsaturated/α-hetero) is 1. The lowest BCUT2D eigenvalue weighted by Crippen LogP contribution is -2.36. The number of carbonyl (C=O) groups is 1. The minimum absolute atomic E-state index is 0.0214. The molecule has 2 aromatic heterocycles. The Hall–Kier alpha value is -2.79. The van der Waals surface area contributed by atoms with Gasteiger partial charge in [-0.05, 0) is 35.6 Å². The first-order chi connectivity index (χ1) is 12.6. The summed E-state index contributed by atoms with van der Waals surface area (Å²) in [5.41, 5.74) is 7.70. The molecule has 26 heavy (non-hydrogen) atoms. The number of nitrogens with zero attached hydrogens (tertiary/aromatic N) is 2. The molecule has 5 heteroatoms. The van der Waals surface area contributed by atoms with Crippen molar-refractivity contribution < 1.29 is 4.79 Å². The lowest BCUT2D eigenvalue weighted by molar-refractivity contribution is -0.122. The number of hydrogen-bond donors (Lipinski definition) is 1. The van der Waals surface area contributed by atoms with Gasteiger partial charge in [0, 0.05) is 29.3 Å². The molecule has 1 aromatic carbocycles. The average molecular weight is 363 g/mol. The predicted octanol–water partition coefficient (Wildman–Crippen LogP) is 4.41. The second kappa shape index (κ2) is 7.62. The minimum atomic E-state index is -1.11. The highest BCUT2D eigenvalue weighted by atomic mass is 32.1. The van der Waals surface area contributed by atoms with Crippen LogP contribution in [0.25, 0.3) is 11.1 Å². The van der Waals surface area contributed by atoms with E-state index in [1.807, 2.05) is 67.0 Å². The Bertz CT molecular complexity index is 915. The molecule has 0 aliphatic carbocycles. The highest BCUT2D eigenvalue weighted by Gasteiger charge is 2.42. The van der Waals surface area contributed by atoms with Crippen LogP contribution in [-0.2, 0) is 10.3 Å². The molecule has 3 aromatic rings. The van der Waals surface area contributed by atoms with Crippen molar-refractivity contribution in [2.24, 2.45) is 10.7 Å². The summed E-state index contributed by atoms with van der Waals surface area (Å²) in [7, 11) is 0. The molecule has 0 aliphatic heterocycles. The molecule has 0 fully saturated rings. The predicted molar refractivity (Wildman–Crippen MR) is 107 cm³/mol. The van der Waals surface area contributed by atoms with E-state index in [1.165, 1.54) is 11.3 Å². The second-order valence-electron chi connectivity index (χ2n) is 6.05. The van der Waals surface area contributed by atoms with Gasteiger partial charge in [0.25, 0.3) is 0 Å². The van der Waals surface area contributed by atoms with E-state index in [-0.39, 0.29) is 5.78 Å². The van der Waals surface area contributed by atoms with Crippen molar-refractivity contribution in [1.29, 1.82) is 0 Å². The third-order valence-corrected chi connectivity index (χ3v) is 5.25. The highest BCUT2D eigenvalue weighted by Crippen LogP contribution is 2.41. The van der Waals surface area contributed by atoms with E-state index < -0.39 is 5.54 Å². The first-order valence-corrected chi connectivity index (χ1v) is 9.36. The van der Waals surface area contributed by atoms with Crippen LogP contribution < -0.4 is 5.73 Å². The van der Waals surface area contributed by atoms with Crippen molar-refractivity contribution in [3.63, 3.8) is 0 Å². The Kier molecular flexibility index (Phi) is 5.28. The molecular formula is C21H21N3OS. The van der Waals surface area contributed by atoms with Crippen LogP contribution in [0.5, 0.6) is 0 Å². The summed E-state index contributed by atoms with van der Waals surface area (Å²) in [5, 5.41) is 2.04. The molecule has 0 spiro atoms. The number of thiophene rings is 1. The standard InChI is InChI=1S/C21H21N3OS/c1-3-19(25)21(24-15(2)22,18-9-5-4-6-10-18)20-12-17(14-26-20)16-8-7-11-23-13-16/h4-14H,3H2,1-2H3,(H2,22,24). The van der Waals surface area contributed by atoms with Crippen LogP contribution in [0, 0.1) is 0 Å². The number of aromatic nitrogens is 1. The third kappa shape index (κ3) is 3.30. The fraction of sp³-hybridized carbons (Fsp3) is 0.190. The Labute approximate surface area is 157 Å². The molecule has 1 atom stereocenters. The monoisotopic (exact) mass is 363 g/mol. The number of pyridine rings is 1. The summed E-state index contributed by atoms with van der Waals surface area (Å²) in [6.07, 6.45) is 3.93. The molecule has 0 bridgehead atoms. The fourth-order valence-corrected chi connectivity index (χ4v) is 4.13. The molecule has 0 saturated heterocycles. The van der Waals surface area contributed by atoms with Gasteiger partial charge >= 0.3 is 0 Å². The van der Waals surface area contributed by atoms with E-state index in [9.17, 15) is 4.79 Å². The second-order valence-corrected chi connectivity index (χ2v) is 6.96. The number of hydrogen-bond acceptors (Lipinski definition) is 4. The van der Waals surface area contributed by atoms with Gasteiger partial charge in [-0.15, -0.1) is 11.3 Å². The van der Waals surface area contributed by atoms with Gasteiger partial charge in [-0.1, -0.05) is 43.3 Å². The molecule has 2 heterocycles. The van der Waals surface area contributed by atoms with Gasteiger partial charge in [-0.3, -0.25) is 9.78 Å². The van der Waals surface area contributed by atoms with Crippen LogP contribution in [0.3, 0.4) is 0 Å². The third-order valence-electron chi connectivity index (χ3n) is 4.21. The van der Waals surface area contributed by atoms with E-state index in [1.54, 1.807) is 13.1 Å². The van der Waals surface area contributed by atoms with Crippen LogP contribution in [0.15, 0.2) is 71.3 Å². The van der Waals surface area contributed by atoms with Crippen LogP contribution in [0.1, 0.15) is 30.7 Å². The minimum Gasteiger partial charge on any atom is -0.388 e. The van der Waals surface area contributed by atoms with Crippen LogP contribution in [0.2, 0.25) is 0 Å². The van der Waals surface area contributed by atoms with Crippen molar-refractivity contribution in [2.75, 3.05) is 0 Å². The summed E-state index contributed by atoms with van der Waals surface area (Å²) in [5.74, 6) is 0.403. The maximum Gasteiger partial charge on any atom is 0.180 e. The molecule has 4 nitrogen and oxygen atoms in total. The Morgan fingerprint density at radius 1 is 1.19 bits per heavy atom. The van der Waals surface area contributed by atoms with E-state index in [0.717, 1.165) is 21.6 Å². The van der Waals surface area contributed by atoms with Gasteiger partial charge in [0.15, 0.2) is 11.3 Å².